The Balaban J connectivity index is 2.17. The molecular weight excluding hydrogens is 323 g/mol. The van der Waals surface area contributed by atoms with Crippen LogP contribution in [-0.2, 0) is 14.7 Å². The molecule has 1 saturated heterocycles. The van der Waals surface area contributed by atoms with Crippen molar-refractivity contribution < 1.29 is 29.7 Å². The van der Waals surface area contributed by atoms with E-state index < -0.39 is 44.7 Å². The summed E-state index contributed by atoms with van der Waals surface area (Å²) < 4.78 is 11.2. The van der Waals surface area contributed by atoms with Crippen molar-refractivity contribution in [3.8, 4) is 0 Å². The van der Waals surface area contributed by atoms with Gasteiger partial charge in [0.25, 0.3) is 0 Å². The van der Waals surface area contributed by atoms with Gasteiger partial charge in [0.1, 0.15) is 11.2 Å². The summed E-state index contributed by atoms with van der Waals surface area (Å²) in [6.07, 6.45) is 1.79. The molecule has 1 heterocycles. The Morgan fingerprint density at radius 1 is 0.880 bits per heavy atom. The van der Waals surface area contributed by atoms with Crippen molar-refractivity contribution in [3.63, 3.8) is 0 Å². The predicted octanol–water partition coefficient (Wildman–Crippen LogP) is 0.518. The van der Waals surface area contributed by atoms with Gasteiger partial charge in [-0.3, -0.25) is 0 Å². The second kappa shape index (κ2) is 7.57. The van der Waals surface area contributed by atoms with Crippen LogP contribution in [0, 0.1) is 0 Å². The van der Waals surface area contributed by atoms with Gasteiger partial charge in [0.2, 0.25) is 0 Å². The molecule has 1 aliphatic heterocycles. The van der Waals surface area contributed by atoms with E-state index in [1.165, 1.54) is 5.56 Å². The van der Waals surface area contributed by atoms with Crippen LogP contribution in [0.3, 0.4) is 0 Å². The van der Waals surface area contributed by atoms with Crippen molar-refractivity contribution in [2.75, 3.05) is 26.4 Å². The zero-order valence-electron chi connectivity index (χ0n) is 15.0. The maximum Gasteiger partial charge on any atom is 0.487 e. The van der Waals surface area contributed by atoms with Gasteiger partial charge in [-0.2, -0.15) is 0 Å². The fraction of sp³-hybridized carbons (Fsp3) is 0.556. The molecule has 7 heteroatoms. The second-order valence-corrected chi connectivity index (χ2v) is 7.46. The fourth-order valence-electron chi connectivity index (χ4n) is 2.87. The Morgan fingerprint density at radius 2 is 1.32 bits per heavy atom. The fourth-order valence-corrected chi connectivity index (χ4v) is 2.87. The number of rotatable bonds is 6. The van der Waals surface area contributed by atoms with Crippen molar-refractivity contribution in [1.29, 1.82) is 0 Å². The molecule has 1 aromatic rings. The molecule has 0 aliphatic carbocycles. The van der Waals surface area contributed by atoms with Crippen LogP contribution in [0.5, 0.6) is 0 Å². The summed E-state index contributed by atoms with van der Waals surface area (Å²) in [6, 6.07) is 8.05. The molecule has 0 bridgehead atoms. The Bertz CT molecular complexity index is 565. The van der Waals surface area contributed by atoms with E-state index in [0.29, 0.717) is 0 Å². The van der Waals surface area contributed by atoms with Crippen molar-refractivity contribution in [1.82, 2.24) is 0 Å². The molecule has 0 aromatic heterocycles. The van der Waals surface area contributed by atoms with Gasteiger partial charge in [0, 0.05) is 0 Å². The highest BCUT2D eigenvalue weighted by atomic mass is 16.7. The molecule has 1 fully saturated rings. The molecule has 138 valence electrons. The number of aliphatic hydroxyl groups is 4. The monoisotopic (exact) mass is 350 g/mol. The van der Waals surface area contributed by atoms with Crippen LogP contribution in [0.1, 0.15) is 31.9 Å². The summed E-state index contributed by atoms with van der Waals surface area (Å²) >= 11 is 0. The lowest BCUT2D eigenvalue weighted by Gasteiger charge is -2.39. The van der Waals surface area contributed by atoms with Gasteiger partial charge >= 0.3 is 7.12 Å². The summed E-state index contributed by atoms with van der Waals surface area (Å²) in [5, 5.41) is 38.5. The average molecular weight is 350 g/mol. The van der Waals surface area contributed by atoms with E-state index in [4.69, 9.17) is 9.31 Å². The van der Waals surface area contributed by atoms with Crippen LogP contribution in [0.15, 0.2) is 30.2 Å². The van der Waals surface area contributed by atoms with E-state index in [1.54, 1.807) is 12.1 Å². The summed E-state index contributed by atoms with van der Waals surface area (Å²) in [7, 11) is -0.902. The smallest absolute Gasteiger partial charge is 0.394 e. The van der Waals surface area contributed by atoms with E-state index in [9.17, 15) is 20.4 Å². The van der Waals surface area contributed by atoms with E-state index in [2.05, 4.69) is 20.8 Å². The zero-order chi connectivity index (χ0) is 18.7. The molecular formula is C18H27BO6. The molecule has 0 atom stereocenters. The topological polar surface area (TPSA) is 99.4 Å². The van der Waals surface area contributed by atoms with E-state index in [0.717, 1.165) is 5.56 Å². The lowest BCUT2D eigenvalue weighted by atomic mass is 9.85. The SMILES string of the molecule is CC(C)(C)c1ccc(/C=C/B2OC(CO)(CO)C(CO)(CO)O2)cc1. The minimum absolute atomic E-state index is 0.0730. The van der Waals surface area contributed by atoms with E-state index >= 15 is 0 Å². The molecule has 0 radical (unpaired) electrons. The largest absolute Gasteiger partial charge is 0.487 e. The molecule has 0 spiro atoms. The third-order valence-electron chi connectivity index (χ3n) is 4.76. The van der Waals surface area contributed by atoms with Gasteiger partial charge < -0.3 is 29.7 Å². The molecule has 1 aromatic carbocycles. The van der Waals surface area contributed by atoms with Gasteiger partial charge in [-0.15, -0.1) is 0 Å². The summed E-state index contributed by atoms with van der Waals surface area (Å²) in [5.41, 5.74) is -0.909. The normalized spacial score (nSPS) is 19.7. The highest BCUT2D eigenvalue weighted by Crippen LogP contribution is 2.37. The quantitative estimate of drug-likeness (QED) is 0.559. The minimum atomic E-state index is -1.57. The van der Waals surface area contributed by atoms with Crippen LogP contribution >= 0.6 is 0 Å². The van der Waals surface area contributed by atoms with Gasteiger partial charge in [-0.05, 0) is 16.5 Å². The lowest BCUT2D eigenvalue weighted by Crippen LogP contribution is -2.61. The first-order chi connectivity index (χ1) is 11.8. The van der Waals surface area contributed by atoms with Crippen molar-refractivity contribution >= 4 is 13.2 Å². The minimum Gasteiger partial charge on any atom is -0.394 e. The Kier molecular flexibility index (Phi) is 6.09. The van der Waals surface area contributed by atoms with Gasteiger partial charge in [-0.25, -0.2) is 0 Å². The van der Waals surface area contributed by atoms with Crippen molar-refractivity contribution in [2.45, 2.75) is 37.4 Å². The highest BCUT2D eigenvalue weighted by Gasteiger charge is 2.61. The Labute approximate surface area is 148 Å². The maximum absolute atomic E-state index is 9.61. The third kappa shape index (κ3) is 3.82. The van der Waals surface area contributed by atoms with Crippen molar-refractivity contribution in [3.05, 3.63) is 41.4 Å². The molecule has 0 amide bonds. The molecule has 25 heavy (non-hydrogen) atoms. The zero-order valence-corrected chi connectivity index (χ0v) is 15.0. The van der Waals surface area contributed by atoms with Gasteiger partial charge in [-0.1, -0.05) is 57.1 Å². The highest BCUT2D eigenvalue weighted by molar-refractivity contribution is 6.52. The standard InChI is InChI=1S/C18H27BO6/c1-16(2,3)15-6-4-14(5-7-15)8-9-19-24-17(10-20,11-21)18(12-22,13-23)25-19/h4-9,20-23H,10-13H2,1-3H3/b9-8+. The average Bonchev–Trinajstić information content (AvgIpc) is 2.94. The molecule has 0 saturated carbocycles. The number of aliphatic hydroxyl groups excluding tert-OH is 4. The molecule has 2 rings (SSSR count). The third-order valence-corrected chi connectivity index (χ3v) is 4.76. The number of hydrogen-bond donors (Lipinski definition) is 4. The summed E-state index contributed by atoms with van der Waals surface area (Å²) in [6.45, 7) is 4.08. The first kappa shape index (κ1) is 20.1. The maximum atomic E-state index is 9.61. The first-order valence-corrected chi connectivity index (χ1v) is 8.34. The van der Waals surface area contributed by atoms with Gasteiger partial charge in [0.05, 0.1) is 26.4 Å². The van der Waals surface area contributed by atoms with Crippen LogP contribution in [0.25, 0.3) is 6.08 Å². The van der Waals surface area contributed by atoms with Crippen LogP contribution < -0.4 is 0 Å². The summed E-state index contributed by atoms with van der Waals surface area (Å²) in [4.78, 5) is 0. The second-order valence-electron chi connectivity index (χ2n) is 7.46. The van der Waals surface area contributed by atoms with Crippen LogP contribution in [0.4, 0.5) is 0 Å². The van der Waals surface area contributed by atoms with Crippen LogP contribution in [-0.4, -0.2) is 65.2 Å². The first-order valence-electron chi connectivity index (χ1n) is 8.34. The van der Waals surface area contributed by atoms with Crippen LogP contribution in [0.2, 0.25) is 0 Å². The molecule has 1 aliphatic rings. The number of hydrogen-bond acceptors (Lipinski definition) is 6. The predicted molar refractivity (Wildman–Crippen MR) is 95.9 cm³/mol. The molecule has 4 N–H and O–H groups in total. The van der Waals surface area contributed by atoms with Gasteiger partial charge in [0.15, 0.2) is 0 Å². The Hall–Kier alpha value is -1.22. The molecule has 6 nitrogen and oxygen atoms in total. The van der Waals surface area contributed by atoms with Crippen molar-refractivity contribution in [2.24, 2.45) is 0 Å². The summed E-state index contributed by atoms with van der Waals surface area (Å²) in [5.74, 6) is 1.62. The van der Waals surface area contributed by atoms with E-state index in [-0.39, 0.29) is 5.41 Å². The Morgan fingerprint density at radius 3 is 1.68 bits per heavy atom. The molecule has 0 unspecified atom stereocenters. The lowest BCUT2D eigenvalue weighted by molar-refractivity contribution is -0.147. The number of benzene rings is 1. The van der Waals surface area contributed by atoms with E-state index in [1.807, 2.05) is 24.3 Å².